The first-order valence-electron chi connectivity index (χ1n) is 6.25. The standard InChI is InChI=1S/C14H16N4O/c1-8-9(2)18(7-16-8)10-4-5-11-12(6-10)17-14(19)13(11)15-3/h4-7,13,15H,1-3H3,(H,17,19). The highest BCUT2D eigenvalue weighted by atomic mass is 16.2. The molecular weight excluding hydrogens is 240 g/mol. The average molecular weight is 256 g/mol. The van der Waals surface area contributed by atoms with E-state index in [1.807, 2.05) is 36.6 Å². The number of aromatic nitrogens is 2. The average Bonchev–Trinajstić information content (AvgIpc) is 2.89. The first-order chi connectivity index (χ1) is 9.11. The highest BCUT2D eigenvalue weighted by Crippen LogP contribution is 2.32. The molecule has 0 bridgehead atoms. The van der Waals surface area contributed by atoms with Crippen molar-refractivity contribution in [3.63, 3.8) is 0 Å². The van der Waals surface area contributed by atoms with Gasteiger partial charge in [0.1, 0.15) is 6.04 Å². The molecule has 0 radical (unpaired) electrons. The maximum Gasteiger partial charge on any atom is 0.246 e. The van der Waals surface area contributed by atoms with Crippen LogP contribution in [0.5, 0.6) is 0 Å². The molecule has 0 saturated carbocycles. The fraction of sp³-hybridized carbons (Fsp3) is 0.286. The van der Waals surface area contributed by atoms with E-state index >= 15 is 0 Å². The molecule has 98 valence electrons. The summed E-state index contributed by atoms with van der Waals surface area (Å²) in [6.45, 7) is 4.02. The van der Waals surface area contributed by atoms with Gasteiger partial charge < -0.3 is 15.2 Å². The summed E-state index contributed by atoms with van der Waals surface area (Å²) in [7, 11) is 1.79. The second-order valence-electron chi connectivity index (χ2n) is 4.77. The van der Waals surface area contributed by atoms with Gasteiger partial charge >= 0.3 is 0 Å². The van der Waals surface area contributed by atoms with E-state index in [2.05, 4.69) is 15.6 Å². The summed E-state index contributed by atoms with van der Waals surface area (Å²) in [6.07, 6.45) is 1.80. The fourth-order valence-electron chi connectivity index (χ4n) is 2.45. The second-order valence-corrected chi connectivity index (χ2v) is 4.77. The predicted molar refractivity (Wildman–Crippen MR) is 73.5 cm³/mol. The Labute approximate surface area is 111 Å². The number of hydrogen-bond donors (Lipinski definition) is 2. The van der Waals surface area contributed by atoms with Gasteiger partial charge in [0.2, 0.25) is 5.91 Å². The minimum atomic E-state index is -0.255. The van der Waals surface area contributed by atoms with Crippen LogP contribution in [0.3, 0.4) is 0 Å². The number of rotatable bonds is 2. The molecule has 1 aromatic carbocycles. The van der Waals surface area contributed by atoms with E-state index in [1.54, 1.807) is 13.4 Å². The lowest BCUT2D eigenvalue weighted by Gasteiger charge is -2.09. The number of likely N-dealkylation sites (N-methyl/N-ethyl adjacent to an activating group) is 1. The summed E-state index contributed by atoms with van der Waals surface area (Å²) in [6, 6.07) is 5.73. The molecule has 2 heterocycles. The van der Waals surface area contributed by atoms with Crippen LogP contribution in [0.2, 0.25) is 0 Å². The molecule has 19 heavy (non-hydrogen) atoms. The van der Waals surface area contributed by atoms with E-state index in [1.165, 1.54) is 0 Å². The van der Waals surface area contributed by atoms with Crippen molar-refractivity contribution < 1.29 is 4.79 Å². The first kappa shape index (κ1) is 11.9. The molecule has 5 heteroatoms. The number of benzene rings is 1. The lowest BCUT2D eigenvalue weighted by atomic mass is 10.1. The van der Waals surface area contributed by atoms with Crippen LogP contribution >= 0.6 is 0 Å². The number of amides is 1. The number of hydrogen-bond acceptors (Lipinski definition) is 3. The normalized spacial score (nSPS) is 17.4. The van der Waals surface area contributed by atoms with Crippen LogP contribution in [-0.4, -0.2) is 22.5 Å². The number of aryl methyl sites for hydroxylation is 1. The van der Waals surface area contributed by atoms with Crippen LogP contribution in [0.4, 0.5) is 5.69 Å². The molecule has 1 unspecified atom stereocenters. The van der Waals surface area contributed by atoms with Gasteiger partial charge in [0.15, 0.2) is 0 Å². The zero-order valence-electron chi connectivity index (χ0n) is 11.2. The molecule has 1 amide bonds. The molecular formula is C14H16N4O. The third kappa shape index (κ3) is 1.74. The summed E-state index contributed by atoms with van der Waals surface area (Å²) >= 11 is 0. The predicted octanol–water partition coefficient (Wildman–Crippen LogP) is 1.70. The maximum atomic E-state index is 11.8. The van der Waals surface area contributed by atoms with Crippen LogP contribution in [0.15, 0.2) is 24.5 Å². The van der Waals surface area contributed by atoms with E-state index < -0.39 is 0 Å². The summed E-state index contributed by atoms with van der Waals surface area (Å²) in [5.74, 6) is -0.00631. The Morgan fingerprint density at radius 1 is 1.37 bits per heavy atom. The number of carbonyl (C=O) groups excluding carboxylic acids is 1. The van der Waals surface area contributed by atoms with Crippen molar-refractivity contribution in [1.82, 2.24) is 14.9 Å². The van der Waals surface area contributed by atoms with Gasteiger partial charge in [-0.15, -0.1) is 0 Å². The monoisotopic (exact) mass is 256 g/mol. The van der Waals surface area contributed by atoms with Crippen molar-refractivity contribution in [2.75, 3.05) is 12.4 Å². The summed E-state index contributed by atoms with van der Waals surface area (Å²) in [4.78, 5) is 16.1. The van der Waals surface area contributed by atoms with Gasteiger partial charge in [0, 0.05) is 22.6 Å². The first-order valence-corrected chi connectivity index (χ1v) is 6.25. The molecule has 0 fully saturated rings. The number of carbonyl (C=O) groups is 1. The molecule has 2 aromatic rings. The van der Waals surface area contributed by atoms with Gasteiger partial charge in [-0.3, -0.25) is 4.79 Å². The Morgan fingerprint density at radius 2 is 2.16 bits per heavy atom. The Bertz CT molecular complexity index is 659. The number of nitrogens with one attached hydrogen (secondary N) is 2. The Kier molecular flexibility index (Phi) is 2.64. The van der Waals surface area contributed by atoms with E-state index in [0.29, 0.717) is 0 Å². The number of imidazole rings is 1. The third-order valence-electron chi connectivity index (χ3n) is 3.69. The number of fused-ring (bicyclic) bond motifs is 1. The number of nitrogens with zero attached hydrogens (tertiary/aromatic N) is 2. The Balaban J connectivity index is 2.07. The van der Waals surface area contributed by atoms with Gasteiger partial charge in [0.05, 0.1) is 12.0 Å². The van der Waals surface area contributed by atoms with Crippen LogP contribution in [0, 0.1) is 13.8 Å². The second kappa shape index (κ2) is 4.20. The van der Waals surface area contributed by atoms with E-state index in [0.717, 1.165) is 28.3 Å². The van der Waals surface area contributed by atoms with Gasteiger partial charge in [-0.2, -0.15) is 0 Å². The lowest BCUT2D eigenvalue weighted by molar-refractivity contribution is -0.117. The molecule has 0 spiro atoms. The van der Waals surface area contributed by atoms with Crippen LogP contribution in [-0.2, 0) is 4.79 Å². The largest absolute Gasteiger partial charge is 0.324 e. The fourth-order valence-corrected chi connectivity index (χ4v) is 2.45. The smallest absolute Gasteiger partial charge is 0.246 e. The third-order valence-corrected chi connectivity index (χ3v) is 3.69. The molecule has 1 atom stereocenters. The van der Waals surface area contributed by atoms with Crippen LogP contribution < -0.4 is 10.6 Å². The summed E-state index contributed by atoms with van der Waals surface area (Å²) < 4.78 is 2.02. The van der Waals surface area contributed by atoms with Gasteiger partial charge in [0.25, 0.3) is 0 Å². The van der Waals surface area contributed by atoms with Crippen molar-refractivity contribution in [1.29, 1.82) is 0 Å². The lowest BCUT2D eigenvalue weighted by Crippen LogP contribution is -2.23. The minimum Gasteiger partial charge on any atom is -0.324 e. The van der Waals surface area contributed by atoms with Crippen LogP contribution in [0.1, 0.15) is 23.0 Å². The molecule has 3 rings (SSSR count). The quantitative estimate of drug-likeness (QED) is 0.860. The van der Waals surface area contributed by atoms with E-state index in [4.69, 9.17) is 0 Å². The Morgan fingerprint density at radius 3 is 2.79 bits per heavy atom. The van der Waals surface area contributed by atoms with Crippen molar-refractivity contribution >= 4 is 11.6 Å². The zero-order valence-corrected chi connectivity index (χ0v) is 11.2. The van der Waals surface area contributed by atoms with Crippen molar-refractivity contribution in [2.45, 2.75) is 19.9 Å². The highest BCUT2D eigenvalue weighted by molar-refractivity contribution is 6.02. The molecule has 0 saturated heterocycles. The highest BCUT2D eigenvalue weighted by Gasteiger charge is 2.29. The summed E-state index contributed by atoms with van der Waals surface area (Å²) in [5, 5.41) is 5.91. The summed E-state index contributed by atoms with van der Waals surface area (Å²) in [5.41, 5.74) is 4.99. The molecule has 1 aromatic heterocycles. The molecule has 1 aliphatic rings. The van der Waals surface area contributed by atoms with Gasteiger partial charge in [-0.05, 0) is 33.0 Å². The van der Waals surface area contributed by atoms with Crippen molar-refractivity contribution in [3.8, 4) is 5.69 Å². The molecule has 5 nitrogen and oxygen atoms in total. The Hall–Kier alpha value is -2.14. The van der Waals surface area contributed by atoms with Gasteiger partial charge in [-0.25, -0.2) is 4.98 Å². The van der Waals surface area contributed by atoms with Crippen LogP contribution in [0.25, 0.3) is 5.69 Å². The minimum absolute atomic E-state index is 0.00631. The number of anilines is 1. The van der Waals surface area contributed by atoms with Gasteiger partial charge in [-0.1, -0.05) is 6.07 Å². The molecule has 2 N–H and O–H groups in total. The van der Waals surface area contributed by atoms with Crippen molar-refractivity contribution in [3.05, 3.63) is 41.5 Å². The topological polar surface area (TPSA) is 59.0 Å². The molecule has 0 aliphatic carbocycles. The van der Waals surface area contributed by atoms with Crippen molar-refractivity contribution in [2.24, 2.45) is 0 Å². The SMILES string of the molecule is CNC1C(=O)Nc2cc(-n3cnc(C)c3C)ccc21. The molecule has 1 aliphatic heterocycles. The van der Waals surface area contributed by atoms with E-state index in [-0.39, 0.29) is 11.9 Å². The van der Waals surface area contributed by atoms with E-state index in [9.17, 15) is 4.79 Å². The zero-order chi connectivity index (χ0) is 13.6. The maximum absolute atomic E-state index is 11.8.